The number of hydrogen-bond donors (Lipinski definition) is 1. The molecule has 0 fully saturated rings. The Morgan fingerprint density at radius 1 is 0.808 bits per heavy atom. The lowest BCUT2D eigenvalue weighted by Gasteiger charge is -2.51. The quantitative estimate of drug-likeness (QED) is 0.678. The molecule has 26 heavy (non-hydrogen) atoms. The number of aryl methyl sites for hydroxylation is 2. The summed E-state index contributed by atoms with van der Waals surface area (Å²) < 4.78 is 13.1. The second-order valence-electron chi connectivity index (χ2n) is 9.37. The third kappa shape index (κ3) is 2.56. The molecule has 138 valence electrons. The molecule has 0 saturated heterocycles. The minimum Gasteiger partial charge on any atom is -0.508 e. The first-order chi connectivity index (χ1) is 12.0. The summed E-state index contributed by atoms with van der Waals surface area (Å²) >= 11 is 0. The van der Waals surface area contributed by atoms with Crippen molar-refractivity contribution in [3.63, 3.8) is 0 Å². The van der Waals surface area contributed by atoms with E-state index in [4.69, 9.17) is 9.47 Å². The zero-order valence-electron chi connectivity index (χ0n) is 16.6. The van der Waals surface area contributed by atoms with E-state index in [2.05, 4.69) is 52.8 Å². The van der Waals surface area contributed by atoms with Gasteiger partial charge in [0, 0.05) is 34.8 Å². The van der Waals surface area contributed by atoms with E-state index in [0.29, 0.717) is 5.75 Å². The Kier molecular flexibility index (Phi) is 3.44. The third-order valence-electron chi connectivity index (χ3n) is 5.91. The van der Waals surface area contributed by atoms with Gasteiger partial charge in [-0.25, -0.2) is 0 Å². The van der Waals surface area contributed by atoms with Crippen LogP contribution < -0.4 is 9.47 Å². The Labute approximate surface area is 156 Å². The third-order valence-corrected chi connectivity index (χ3v) is 5.91. The molecule has 2 aliphatic heterocycles. The van der Waals surface area contributed by atoms with Crippen LogP contribution in [0.25, 0.3) is 0 Å². The maximum Gasteiger partial charge on any atom is 0.252 e. The largest absolute Gasteiger partial charge is 0.508 e. The summed E-state index contributed by atoms with van der Waals surface area (Å²) in [5, 5.41) is 10.2. The number of aromatic hydroxyl groups is 1. The minimum atomic E-state index is -0.690. The van der Waals surface area contributed by atoms with Crippen molar-refractivity contribution in [3.05, 3.63) is 52.6 Å². The fraction of sp³-hybridized carbons (Fsp3) is 0.478. The maximum atomic E-state index is 10.2. The highest BCUT2D eigenvalue weighted by molar-refractivity contribution is 5.51. The molecule has 1 spiro atoms. The zero-order chi connectivity index (χ0) is 18.9. The first-order valence-electron chi connectivity index (χ1n) is 9.35. The summed E-state index contributed by atoms with van der Waals surface area (Å²) in [6.45, 7) is 12.9. The molecule has 2 aromatic rings. The summed E-state index contributed by atoms with van der Waals surface area (Å²) in [5.74, 6) is 1.38. The molecule has 0 amide bonds. The molecular formula is C23H28O3. The van der Waals surface area contributed by atoms with Crippen molar-refractivity contribution < 1.29 is 14.6 Å². The monoisotopic (exact) mass is 352 g/mol. The van der Waals surface area contributed by atoms with E-state index in [-0.39, 0.29) is 10.8 Å². The predicted molar refractivity (Wildman–Crippen MR) is 103 cm³/mol. The standard InChI is InChI=1S/C23H28O3/c1-14-7-8-16-19(9-14)25-23(12-21(16,3)4)13-22(5,6)17-11-18(24)15(2)10-20(17)26-23/h7-11,24H,12-13H2,1-6H3. The van der Waals surface area contributed by atoms with Crippen molar-refractivity contribution in [3.8, 4) is 17.2 Å². The van der Waals surface area contributed by atoms with Crippen LogP contribution in [0.5, 0.6) is 17.2 Å². The van der Waals surface area contributed by atoms with Gasteiger partial charge >= 0.3 is 0 Å². The highest BCUT2D eigenvalue weighted by Crippen LogP contribution is 2.54. The normalized spacial score (nSPS) is 25.0. The topological polar surface area (TPSA) is 38.7 Å². The molecule has 0 aromatic heterocycles. The van der Waals surface area contributed by atoms with E-state index in [1.54, 1.807) is 0 Å². The highest BCUT2D eigenvalue weighted by atomic mass is 16.7. The molecule has 2 aromatic carbocycles. The Bertz CT molecular complexity index is 895. The van der Waals surface area contributed by atoms with Gasteiger partial charge in [0.05, 0.1) is 0 Å². The van der Waals surface area contributed by atoms with Crippen LogP contribution in [-0.2, 0) is 10.8 Å². The Hall–Kier alpha value is -2.16. The Morgan fingerprint density at radius 2 is 1.38 bits per heavy atom. The number of hydrogen-bond acceptors (Lipinski definition) is 3. The molecule has 1 atom stereocenters. The second kappa shape index (κ2) is 5.18. The molecule has 1 unspecified atom stereocenters. The lowest BCUT2D eigenvalue weighted by Crippen LogP contribution is -2.55. The van der Waals surface area contributed by atoms with Crippen LogP contribution >= 0.6 is 0 Å². The fourth-order valence-corrected chi connectivity index (χ4v) is 4.72. The average Bonchev–Trinajstić information content (AvgIpc) is 2.47. The molecule has 3 nitrogen and oxygen atoms in total. The lowest BCUT2D eigenvalue weighted by molar-refractivity contribution is -0.166. The van der Waals surface area contributed by atoms with Gasteiger partial charge in [0.1, 0.15) is 17.2 Å². The first kappa shape index (κ1) is 17.3. The van der Waals surface area contributed by atoms with Crippen LogP contribution in [0.1, 0.15) is 62.8 Å². The van der Waals surface area contributed by atoms with Gasteiger partial charge in [-0.05, 0) is 43.2 Å². The van der Waals surface area contributed by atoms with E-state index < -0.39 is 5.79 Å². The molecule has 0 saturated carbocycles. The highest BCUT2D eigenvalue weighted by Gasteiger charge is 2.53. The van der Waals surface area contributed by atoms with Gasteiger partial charge in [-0.3, -0.25) is 0 Å². The number of fused-ring (bicyclic) bond motifs is 2. The number of benzene rings is 2. The number of rotatable bonds is 0. The van der Waals surface area contributed by atoms with Gasteiger partial charge in [0.2, 0.25) is 0 Å². The van der Waals surface area contributed by atoms with Crippen molar-refractivity contribution in [2.75, 3.05) is 0 Å². The van der Waals surface area contributed by atoms with Crippen molar-refractivity contribution >= 4 is 0 Å². The van der Waals surface area contributed by atoms with Crippen LogP contribution in [0, 0.1) is 13.8 Å². The van der Waals surface area contributed by atoms with Gasteiger partial charge in [-0.2, -0.15) is 0 Å². The van der Waals surface area contributed by atoms with Gasteiger partial charge in [0.25, 0.3) is 5.79 Å². The molecule has 3 heteroatoms. The van der Waals surface area contributed by atoms with E-state index in [9.17, 15) is 5.11 Å². The molecule has 4 rings (SSSR count). The summed E-state index contributed by atoms with van der Waals surface area (Å²) in [7, 11) is 0. The summed E-state index contributed by atoms with van der Waals surface area (Å²) in [6.07, 6.45) is 1.53. The van der Waals surface area contributed by atoms with Crippen molar-refractivity contribution in [2.45, 2.75) is 71.0 Å². The molecule has 0 radical (unpaired) electrons. The summed E-state index contributed by atoms with van der Waals surface area (Å²) in [5.41, 5.74) is 4.10. The van der Waals surface area contributed by atoms with Crippen molar-refractivity contribution in [2.24, 2.45) is 0 Å². The van der Waals surface area contributed by atoms with Gasteiger partial charge < -0.3 is 14.6 Å². The zero-order valence-corrected chi connectivity index (χ0v) is 16.6. The number of phenolic OH excluding ortho intramolecular Hbond substituents is 1. The van der Waals surface area contributed by atoms with Crippen LogP contribution in [0.15, 0.2) is 30.3 Å². The minimum absolute atomic E-state index is 0.0408. The summed E-state index contributed by atoms with van der Waals surface area (Å²) in [4.78, 5) is 0. The van der Waals surface area contributed by atoms with Crippen LogP contribution in [0.3, 0.4) is 0 Å². The Morgan fingerprint density at radius 3 is 2.04 bits per heavy atom. The van der Waals surface area contributed by atoms with Crippen LogP contribution in [0.4, 0.5) is 0 Å². The van der Waals surface area contributed by atoms with E-state index >= 15 is 0 Å². The van der Waals surface area contributed by atoms with Gasteiger partial charge in [0.15, 0.2) is 0 Å². The van der Waals surface area contributed by atoms with E-state index in [1.165, 1.54) is 11.1 Å². The van der Waals surface area contributed by atoms with E-state index in [0.717, 1.165) is 35.5 Å². The average molecular weight is 352 g/mol. The molecule has 0 bridgehead atoms. The molecular weight excluding hydrogens is 324 g/mol. The predicted octanol–water partition coefficient (Wildman–Crippen LogP) is 5.53. The van der Waals surface area contributed by atoms with Crippen LogP contribution in [-0.4, -0.2) is 10.9 Å². The fourth-order valence-electron chi connectivity index (χ4n) is 4.72. The number of phenols is 1. The molecule has 2 heterocycles. The first-order valence-corrected chi connectivity index (χ1v) is 9.35. The van der Waals surface area contributed by atoms with E-state index in [1.807, 2.05) is 19.1 Å². The number of ether oxygens (including phenoxy) is 2. The lowest BCUT2D eigenvalue weighted by atomic mass is 9.69. The molecule has 1 N–H and O–H groups in total. The van der Waals surface area contributed by atoms with Gasteiger partial charge in [-0.15, -0.1) is 0 Å². The van der Waals surface area contributed by atoms with Gasteiger partial charge in [-0.1, -0.05) is 39.8 Å². The van der Waals surface area contributed by atoms with Crippen molar-refractivity contribution in [1.29, 1.82) is 0 Å². The van der Waals surface area contributed by atoms with Crippen molar-refractivity contribution in [1.82, 2.24) is 0 Å². The maximum absolute atomic E-state index is 10.2. The SMILES string of the molecule is Cc1ccc2c(c1)OC1(CC2(C)C)CC(C)(C)c2cc(O)c(C)cc2O1. The van der Waals surface area contributed by atoms with Crippen LogP contribution in [0.2, 0.25) is 0 Å². The second-order valence-corrected chi connectivity index (χ2v) is 9.37. The summed E-state index contributed by atoms with van der Waals surface area (Å²) in [6, 6.07) is 10.2. The Balaban J connectivity index is 1.84. The molecule has 2 aliphatic rings. The smallest absolute Gasteiger partial charge is 0.252 e. The molecule has 0 aliphatic carbocycles.